The minimum absolute atomic E-state index is 0.103. The Morgan fingerprint density at radius 3 is 2.67 bits per heavy atom. The largest absolute Gasteiger partial charge is 0.313 e. The van der Waals surface area contributed by atoms with Gasteiger partial charge in [-0.1, -0.05) is 24.6 Å². The molecule has 0 saturated carbocycles. The van der Waals surface area contributed by atoms with E-state index in [4.69, 9.17) is 11.6 Å². The summed E-state index contributed by atoms with van der Waals surface area (Å²) in [5.74, 6) is -0.278. The number of likely N-dealkylation sites (N-methyl/N-ethyl adjacent to an activating group) is 1. The molecule has 0 amide bonds. The van der Waals surface area contributed by atoms with Crippen LogP contribution in [0.2, 0.25) is 5.02 Å². The lowest BCUT2D eigenvalue weighted by Gasteiger charge is -2.18. The highest BCUT2D eigenvalue weighted by Crippen LogP contribution is 2.24. The normalized spacial score (nSPS) is 12.6. The SMILES string of the molecule is CCc1cc(CC(NC)c2ccc(Cl)cc2F)n(CC)n1. The summed E-state index contributed by atoms with van der Waals surface area (Å²) in [5.41, 5.74) is 2.81. The van der Waals surface area contributed by atoms with Crippen molar-refractivity contribution in [2.75, 3.05) is 7.05 Å². The van der Waals surface area contributed by atoms with Crippen molar-refractivity contribution in [1.29, 1.82) is 0 Å². The van der Waals surface area contributed by atoms with E-state index in [1.54, 1.807) is 12.1 Å². The summed E-state index contributed by atoms with van der Waals surface area (Å²) in [6.07, 6.45) is 1.59. The Kier molecular flexibility index (Phi) is 5.37. The van der Waals surface area contributed by atoms with Crippen molar-refractivity contribution in [3.05, 3.63) is 52.1 Å². The van der Waals surface area contributed by atoms with Gasteiger partial charge in [-0.25, -0.2) is 4.39 Å². The van der Waals surface area contributed by atoms with Gasteiger partial charge in [-0.3, -0.25) is 4.68 Å². The van der Waals surface area contributed by atoms with Crippen LogP contribution in [0.5, 0.6) is 0 Å². The predicted octanol–water partition coefficient (Wildman–Crippen LogP) is 3.76. The maximum absolute atomic E-state index is 14.1. The number of benzene rings is 1. The first kappa shape index (κ1) is 16.0. The number of nitrogens with one attached hydrogen (secondary N) is 1. The molecule has 0 saturated heterocycles. The van der Waals surface area contributed by atoms with Gasteiger partial charge in [0.2, 0.25) is 0 Å². The third-order valence-corrected chi connectivity index (χ3v) is 3.91. The molecule has 0 aliphatic heterocycles. The molecule has 0 fully saturated rings. The smallest absolute Gasteiger partial charge is 0.129 e. The van der Waals surface area contributed by atoms with Crippen molar-refractivity contribution < 1.29 is 4.39 Å². The molecule has 1 atom stereocenters. The quantitative estimate of drug-likeness (QED) is 0.880. The van der Waals surface area contributed by atoms with Gasteiger partial charge in [-0.05, 0) is 38.6 Å². The monoisotopic (exact) mass is 309 g/mol. The molecule has 0 aliphatic carbocycles. The Labute approximate surface area is 130 Å². The fraction of sp³-hybridized carbons (Fsp3) is 0.438. The zero-order valence-corrected chi connectivity index (χ0v) is 13.4. The van der Waals surface area contributed by atoms with Crippen molar-refractivity contribution in [3.63, 3.8) is 0 Å². The van der Waals surface area contributed by atoms with E-state index in [1.807, 2.05) is 11.7 Å². The van der Waals surface area contributed by atoms with Gasteiger partial charge < -0.3 is 5.32 Å². The fourth-order valence-electron chi connectivity index (χ4n) is 2.49. The summed E-state index contributed by atoms with van der Waals surface area (Å²) in [6, 6.07) is 6.82. The highest BCUT2D eigenvalue weighted by molar-refractivity contribution is 6.30. The summed E-state index contributed by atoms with van der Waals surface area (Å²) in [6.45, 7) is 4.96. The molecule has 2 rings (SSSR count). The fourth-order valence-corrected chi connectivity index (χ4v) is 2.65. The van der Waals surface area contributed by atoms with Crippen LogP contribution < -0.4 is 5.32 Å². The predicted molar refractivity (Wildman–Crippen MR) is 84.2 cm³/mol. The first-order chi connectivity index (χ1) is 10.1. The molecule has 21 heavy (non-hydrogen) atoms. The molecule has 1 unspecified atom stereocenters. The molecule has 3 nitrogen and oxygen atoms in total. The van der Waals surface area contributed by atoms with Gasteiger partial charge in [0.1, 0.15) is 5.82 Å². The lowest BCUT2D eigenvalue weighted by Crippen LogP contribution is -2.21. The van der Waals surface area contributed by atoms with Crippen molar-refractivity contribution in [2.24, 2.45) is 0 Å². The van der Waals surface area contributed by atoms with E-state index in [0.29, 0.717) is 17.0 Å². The highest BCUT2D eigenvalue weighted by Gasteiger charge is 2.17. The third-order valence-electron chi connectivity index (χ3n) is 3.68. The average molecular weight is 310 g/mol. The summed E-state index contributed by atoms with van der Waals surface area (Å²) in [7, 11) is 1.84. The molecule has 114 valence electrons. The van der Waals surface area contributed by atoms with Crippen LogP contribution in [0.15, 0.2) is 24.3 Å². The standard InChI is InChI=1S/C16H21ClFN3/c1-4-12-9-13(21(5-2)20-12)10-16(19-3)14-7-6-11(17)8-15(14)18/h6-9,16,19H,4-5,10H2,1-3H3. The third kappa shape index (κ3) is 3.63. The van der Waals surface area contributed by atoms with E-state index in [1.165, 1.54) is 6.07 Å². The van der Waals surface area contributed by atoms with Crippen molar-refractivity contribution >= 4 is 11.6 Å². The van der Waals surface area contributed by atoms with Gasteiger partial charge in [0, 0.05) is 35.3 Å². The zero-order chi connectivity index (χ0) is 15.4. The molecule has 1 aromatic carbocycles. The Hall–Kier alpha value is -1.39. The Balaban J connectivity index is 2.28. The van der Waals surface area contributed by atoms with Crippen LogP contribution in [-0.4, -0.2) is 16.8 Å². The summed E-state index contributed by atoms with van der Waals surface area (Å²) < 4.78 is 16.1. The second-order valence-electron chi connectivity index (χ2n) is 5.01. The van der Waals surface area contributed by atoms with Gasteiger partial charge in [0.05, 0.1) is 5.69 Å². The molecule has 0 bridgehead atoms. The zero-order valence-electron chi connectivity index (χ0n) is 12.7. The lowest BCUT2D eigenvalue weighted by molar-refractivity contribution is 0.510. The van der Waals surface area contributed by atoms with E-state index < -0.39 is 0 Å². The summed E-state index contributed by atoms with van der Waals surface area (Å²) in [5, 5.41) is 8.14. The molecule has 2 aromatic rings. The molecular formula is C16H21ClFN3. The number of aryl methyl sites for hydroxylation is 2. The van der Waals surface area contributed by atoms with Gasteiger partial charge >= 0.3 is 0 Å². The second kappa shape index (κ2) is 7.05. The lowest BCUT2D eigenvalue weighted by atomic mass is 10.0. The average Bonchev–Trinajstić information content (AvgIpc) is 2.87. The van der Waals surface area contributed by atoms with Gasteiger partial charge in [-0.15, -0.1) is 0 Å². The van der Waals surface area contributed by atoms with Crippen LogP contribution >= 0.6 is 11.6 Å². The second-order valence-corrected chi connectivity index (χ2v) is 5.44. The molecule has 1 N–H and O–H groups in total. The number of nitrogens with zero attached hydrogens (tertiary/aromatic N) is 2. The number of rotatable bonds is 6. The van der Waals surface area contributed by atoms with Crippen LogP contribution in [0, 0.1) is 5.82 Å². The summed E-state index contributed by atoms with van der Waals surface area (Å²) >= 11 is 5.82. The Bertz CT molecular complexity index is 610. The van der Waals surface area contributed by atoms with Gasteiger partial charge in [0.25, 0.3) is 0 Å². The molecule has 5 heteroatoms. The summed E-state index contributed by atoms with van der Waals surface area (Å²) in [4.78, 5) is 0. The van der Waals surface area contributed by atoms with Crippen molar-refractivity contribution in [2.45, 2.75) is 39.3 Å². The van der Waals surface area contributed by atoms with E-state index in [-0.39, 0.29) is 11.9 Å². The minimum Gasteiger partial charge on any atom is -0.313 e. The maximum Gasteiger partial charge on any atom is 0.129 e. The van der Waals surface area contributed by atoms with Crippen LogP contribution in [-0.2, 0) is 19.4 Å². The van der Waals surface area contributed by atoms with E-state index >= 15 is 0 Å². The number of hydrogen-bond donors (Lipinski definition) is 1. The maximum atomic E-state index is 14.1. The van der Waals surface area contributed by atoms with Gasteiger partial charge in [0.15, 0.2) is 0 Å². The first-order valence-electron chi connectivity index (χ1n) is 7.26. The van der Waals surface area contributed by atoms with Gasteiger partial charge in [-0.2, -0.15) is 5.10 Å². The van der Waals surface area contributed by atoms with E-state index in [2.05, 4.69) is 30.3 Å². The highest BCUT2D eigenvalue weighted by atomic mass is 35.5. The molecule has 0 radical (unpaired) electrons. The number of hydrogen-bond acceptors (Lipinski definition) is 2. The van der Waals surface area contributed by atoms with Crippen molar-refractivity contribution in [3.8, 4) is 0 Å². The topological polar surface area (TPSA) is 29.9 Å². The van der Waals surface area contributed by atoms with Crippen LogP contribution in [0.3, 0.4) is 0 Å². The minimum atomic E-state index is -0.278. The van der Waals surface area contributed by atoms with Crippen LogP contribution in [0.4, 0.5) is 4.39 Å². The molecule has 1 aromatic heterocycles. The Morgan fingerprint density at radius 2 is 2.10 bits per heavy atom. The molecule has 0 spiro atoms. The van der Waals surface area contributed by atoms with E-state index in [0.717, 1.165) is 24.4 Å². The van der Waals surface area contributed by atoms with Crippen molar-refractivity contribution in [1.82, 2.24) is 15.1 Å². The van der Waals surface area contributed by atoms with Crippen LogP contribution in [0.25, 0.3) is 0 Å². The Morgan fingerprint density at radius 1 is 1.33 bits per heavy atom. The molecule has 1 heterocycles. The number of aromatic nitrogens is 2. The van der Waals surface area contributed by atoms with Crippen LogP contribution in [0.1, 0.15) is 36.8 Å². The molecular weight excluding hydrogens is 289 g/mol. The van der Waals surface area contributed by atoms with E-state index in [9.17, 15) is 4.39 Å². The first-order valence-corrected chi connectivity index (χ1v) is 7.64. The number of halogens is 2. The molecule has 0 aliphatic rings.